The smallest absolute Gasteiger partial charge is 0.227 e. The molecule has 1 aromatic carbocycles. The molecule has 2 aliphatic rings. The lowest BCUT2D eigenvalue weighted by atomic mass is 9.98. The van der Waals surface area contributed by atoms with Gasteiger partial charge in [0.25, 0.3) is 0 Å². The van der Waals surface area contributed by atoms with Crippen molar-refractivity contribution in [2.75, 3.05) is 46.3 Å². The van der Waals surface area contributed by atoms with Crippen LogP contribution in [0.4, 0.5) is 0 Å². The maximum absolute atomic E-state index is 12.8. The van der Waals surface area contributed by atoms with E-state index in [1.54, 1.807) is 24.3 Å². The van der Waals surface area contributed by atoms with Gasteiger partial charge in [-0.3, -0.25) is 4.79 Å². The van der Waals surface area contributed by atoms with E-state index in [9.17, 15) is 13.2 Å². The summed E-state index contributed by atoms with van der Waals surface area (Å²) in [6.07, 6.45) is 1.48. The van der Waals surface area contributed by atoms with Gasteiger partial charge in [0, 0.05) is 44.3 Å². The minimum absolute atomic E-state index is 0.0804. The Morgan fingerprint density at radius 2 is 1.92 bits per heavy atom. The average Bonchev–Trinajstić information content (AvgIpc) is 2.61. The quantitative estimate of drug-likeness (QED) is 0.772. The zero-order chi connectivity index (χ0) is 18.7. The number of rotatable bonds is 4. The highest BCUT2D eigenvalue weighted by molar-refractivity contribution is 7.88. The first-order valence-corrected chi connectivity index (χ1v) is 11.0. The van der Waals surface area contributed by atoms with E-state index in [2.05, 4.69) is 4.90 Å². The molecule has 1 atom stereocenters. The summed E-state index contributed by atoms with van der Waals surface area (Å²) in [5.41, 5.74) is 0.671. The molecule has 0 radical (unpaired) electrons. The van der Waals surface area contributed by atoms with Gasteiger partial charge in [0.2, 0.25) is 15.9 Å². The second-order valence-corrected chi connectivity index (χ2v) is 9.62. The first-order chi connectivity index (χ1) is 12.3. The molecule has 2 aliphatic heterocycles. The van der Waals surface area contributed by atoms with Gasteiger partial charge in [-0.25, -0.2) is 12.7 Å². The zero-order valence-electron chi connectivity index (χ0n) is 15.1. The average molecular weight is 400 g/mol. The number of carbonyl (C=O) groups is 1. The SMILES string of the molecule is CN1CCN(C(=O)[C@@H]2CCCN(S(=O)(=O)Cc3cccc(Cl)c3)C2)CC1. The van der Waals surface area contributed by atoms with Crippen molar-refractivity contribution >= 4 is 27.5 Å². The highest BCUT2D eigenvalue weighted by Gasteiger charge is 2.34. The van der Waals surface area contributed by atoms with Gasteiger partial charge in [0.1, 0.15) is 0 Å². The van der Waals surface area contributed by atoms with Crippen LogP contribution in [0.25, 0.3) is 0 Å². The molecule has 0 unspecified atom stereocenters. The molecule has 144 valence electrons. The van der Waals surface area contributed by atoms with Gasteiger partial charge in [-0.05, 0) is 37.6 Å². The number of hydrogen-bond acceptors (Lipinski definition) is 4. The summed E-state index contributed by atoms with van der Waals surface area (Å²) in [5.74, 6) is -0.217. The Balaban J connectivity index is 1.64. The van der Waals surface area contributed by atoms with Gasteiger partial charge >= 0.3 is 0 Å². The number of piperidine rings is 1. The normalized spacial score (nSPS) is 23.2. The molecule has 6 nitrogen and oxygen atoms in total. The van der Waals surface area contributed by atoms with Crippen molar-refractivity contribution in [1.82, 2.24) is 14.1 Å². The number of likely N-dealkylation sites (N-methyl/N-ethyl adjacent to an activating group) is 1. The Hall–Kier alpha value is -1.15. The van der Waals surface area contributed by atoms with Gasteiger partial charge < -0.3 is 9.80 Å². The van der Waals surface area contributed by atoms with Crippen molar-refractivity contribution in [3.05, 3.63) is 34.9 Å². The summed E-state index contributed by atoms with van der Waals surface area (Å²) in [5, 5.41) is 0.527. The summed E-state index contributed by atoms with van der Waals surface area (Å²) in [4.78, 5) is 16.9. The number of halogens is 1. The standard InChI is InChI=1S/C18H26ClN3O3S/c1-20-8-10-21(11-9-20)18(23)16-5-3-7-22(13-16)26(24,25)14-15-4-2-6-17(19)12-15/h2,4,6,12,16H,3,5,7-11,13-14H2,1H3/t16-/m1/s1. The molecule has 0 aromatic heterocycles. The predicted molar refractivity (Wildman–Crippen MR) is 102 cm³/mol. The monoisotopic (exact) mass is 399 g/mol. The zero-order valence-corrected chi connectivity index (χ0v) is 16.7. The maximum atomic E-state index is 12.8. The summed E-state index contributed by atoms with van der Waals surface area (Å²) in [6.45, 7) is 3.95. The van der Waals surface area contributed by atoms with Gasteiger partial charge in [0.15, 0.2) is 0 Å². The van der Waals surface area contributed by atoms with E-state index in [0.29, 0.717) is 17.1 Å². The molecule has 26 heavy (non-hydrogen) atoms. The van der Waals surface area contributed by atoms with Gasteiger partial charge in [-0.15, -0.1) is 0 Å². The highest BCUT2D eigenvalue weighted by atomic mass is 35.5. The highest BCUT2D eigenvalue weighted by Crippen LogP contribution is 2.24. The van der Waals surface area contributed by atoms with Crippen LogP contribution in [0.15, 0.2) is 24.3 Å². The lowest BCUT2D eigenvalue weighted by Gasteiger charge is -2.37. The second-order valence-electron chi connectivity index (χ2n) is 7.21. The molecular weight excluding hydrogens is 374 g/mol. The lowest BCUT2D eigenvalue weighted by Crippen LogP contribution is -2.52. The third-order valence-electron chi connectivity index (χ3n) is 5.18. The number of piperazine rings is 1. The molecule has 0 spiro atoms. The third-order valence-corrected chi connectivity index (χ3v) is 7.23. The van der Waals surface area contributed by atoms with Crippen LogP contribution in [-0.4, -0.2) is 74.7 Å². The Bertz CT molecular complexity index is 748. The van der Waals surface area contributed by atoms with Gasteiger partial charge in [-0.1, -0.05) is 23.7 Å². The molecule has 0 N–H and O–H groups in total. The number of carbonyl (C=O) groups excluding carboxylic acids is 1. The van der Waals surface area contributed by atoms with Crippen molar-refractivity contribution in [2.24, 2.45) is 5.92 Å². The van der Waals surface area contributed by atoms with Crippen LogP contribution in [0.2, 0.25) is 5.02 Å². The van der Waals surface area contributed by atoms with Crippen LogP contribution in [0, 0.1) is 5.92 Å². The summed E-state index contributed by atoms with van der Waals surface area (Å²) in [7, 11) is -1.42. The van der Waals surface area contributed by atoms with E-state index < -0.39 is 10.0 Å². The number of amides is 1. The minimum Gasteiger partial charge on any atom is -0.340 e. The molecule has 1 amide bonds. The second kappa shape index (κ2) is 8.25. The van der Waals surface area contributed by atoms with E-state index in [-0.39, 0.29) is 24.1 Å². The number of benzene rings is 1. The molecule has 1 aromatic rings. The molecule has 8 heteroatoms. The van der Waals surface area contributed by atoms with Crippen LogP contribution in [-0.2, 0) is 20.6 Å². The molecular formula is C18H26ClN3O3S. The van der Waals surface area contributed by atoms with Gasteiger partial charge in [-0.2, -0.15) is 0 Å². The first-order valence-electron chi connectivity index (χ1n) is 9.05. The van der Waals surface area contributed by atoms with E-state index in [4.69, 9.17) is 11.6 Å². The van der Waals surface area contributed by atoms with Crippen molar-refractivity contribution < 1.29 is 13.2 Å². The molecule has 0 saturated carbocycles. The molecule has 2 fully saturated rings. The van der Waals surface area contributed by atoms with Crippen molar-refractivity contribution in [3.8, 4) is 0 Å². The Kier molecular flexibility index (Phi) is 6.22. The van der Waals surface area contributed by atoms with E-state index >= 15 is 0 Å². The first kappa shape index (κ1) is 19.6. The third kappa shape index (κ3) is 4.76. The number of nitrogens with zero attached hydrogens (tertiary/aromatic N) is 3. The van der Waals surface area contributed by atoms with E-state index in [0.717, 1.165) is 39.0 Å². The fraction of sp³-hybridized carbons (Fsp3) is 0.611. The Morgan fingerprint density at radius 3 is 2.62 bits per heavy atom. The summed E-state index contributed by atoms with van der Waals surface area (Å²) in [6, 6.07) is 6.92. The minimum atomic E-state index is -3.46. The van der Waals surface area contributed by atoms with Crippen molar-refractivity contribution in [2.45, 2.75) is 18.6 Å². The fourth-order valence-corrected chi connectivity index (χ4v) is 5.42. The predicted octanol–water partition coefficient (Wildman–Crippen LogP) is 1.66. The number of sulfonamides is 1. The Labute approximate surface area is 160 Å². The molecule has 2 heterocycles. The molecule has 0 bridgehead atoms. The van der Waals surface area contributed by atoms with Crippen LogP contribution < -0.4 is 0 Å². The number of hydrogen-bond donors (Lipinski definition) is 0. The summed E-state index contributed by atoms with van der Waals surface area (Å²) >= 11 is 5.96. The summed E-state index contributed by atoms with van der Waals surface area (Å²) < 4.78 is 27.1. The maximum Gasteiger partial charge on any atom is 0.227 e. The lowest BCUT2D eigenvalue weighted by molar-refractivity contribution is -0.138. The van der Waals surface area contributed by atoms with Crippen LogP contribution in [0.5, 0.6) is 0 Å². The topological polar surface area (TPSA) is 60.9 Å². The fourth-order valence-electron chi connectivity index (χ4n) is 3.61. The van der Waals surface area contributed by atoms with Crippen molar-refractivity contribution in [3.63, 3.8) is 0 Å². The van der Waals surface area contributed by atoms with E-state index in [1.165, 1.54) is 4.31 Å². The molecule has 0 aliphatic carbocycles. The van der Waals surface area contributed by atoms with Gasteiger partial charge in [0.05, 0.1) is 11.7 Å². The molecule has 3 rings (SSSR count). The van der Waals surface area contributed by atoms with Crippen LogP contribution >= 0.6 is 11.6 Å². The van der Waals surface area contributed by atoms with Crippen LogP contribution in [0.1, 0.15) is 18.4 Å². The van der Waals surface area contributed by atoms with Crippen LogP contribution in [0.3, 0.4) is 0 Å². The Morgan fingerprint density at radius 1 is 1.19 bits per heavy atom. The van der Waals surface area contributed by atoms with E-state index in [1.807, 2.05) is 11.9 Å². The largest absolute Gasteiger partial charge is 0.340 e. The van der Waals surface area contributed by atoms with Crippen molar-refractivity contribution in [1.29, 1.82) is 0 Å². The molecule has 2 saturated heterocycles.